The van der Waals surface area contributed by atoms with Crippen molar-refractivity contribution in [1.29, 1.82) is 0 Å². The highest BCUT2D eigenvalue weighted by Crippen LogP contribution is 2.16. The Balaban J connectivity index is 3.74. The van der Waals surface area contributed by atoms with E-state index >= 15 is 0 Å². The molecule has 0 aliphatic heterocycles. The molecule has 0 saturated carbocycles. The van der Waals surface area contributed by atoms with E-state index in [0.29, 0.717) is 0 Å². The highest BCUT2D eigenvalue weighted by Gasteiger charge is 2.41. The van der Waals surface area contributed by atoms with Gasteiger partial charge in [0, 0.05) is 6.42 Å². The first-order chi connectivity index (χ1) is 11.0. The molecule has 23 heavy (non-hydrogen) atoms. The Morgan fingerprint density at radius 3 is 1.96 bits per heavy atom. The number of esters is 1. The lowest BCUT2D eigenvalue weighted by molar-refractivity contribution is -0.167. The molecule has 1 atom stereocenters. The van der Waals surface area contributed by atoms with Crippen LogP contribution in [0, 0.1) is 0 Å². The third-order valence-corrected chi connectivity index (χ3v) is 4.16. The molecule has 0 unspecified atom stereocenters. The summed E-state index contributed by atoms with van der Waals surface area (Å²) in [6.45, 7) is 3.43. The van der Waals surface area contributed by atoms with Crippen LogP contribution in [0.1, 0.15) is 84.5 Å². The fourth-order valence-corrected chi connectivity index (χ4v) is 2.48. The predicted molar refractivity (Wildman–Crippen MR) is 93.2 cm³/mol. The number of Topliss-reactive ketones (excluding diaryl/α,β-unsaturated/α-hetero) is 1. The molecule has 0 amide bonds. The van der Waals surface area contributed by atoms with E-state index in [2.05, 4.69) is 11.7 Å². The lowest BCUT2D eigenvalue weighted by Crippen LogP contribution is -2.45. The number of carbonyl (C=O) groups excluding carboxylic acids is 2. The van der Waals surface area contributed by atoms with Crippen LogP contribution in [0.3, 0.4) is 0 Å². The Kier molecular flexibility index (Phi) is 12.6. The van der Waals surface area contributed by atoms with Crippen LogP contribution in [-0.4, -0.2) is 29.6 Å². The number of hydrogen-bond donors (Lipinski definition) is 1. The fourth-order valence-electron chi connectivity index (χ4n) is 2.48. The summed E-state index contributed by atoms with van der Waals surface area (Å²) in [4.78, 5) is 22.9. The molecule has 134 valence electrons. The zero-order chi connectivity index (χ0) is 17.6. The van der Waals surface area contributed by atoms with Crippen LogP contribution in [-0.2, 0) is 14.3 Å². The predicted octanol–water partition coefficient (Wildman–Crippen LogP) is 4.35. The van der Waals surface area contributed by atoms with Crippen LogP contribution >= 0.6 is 0 Å². The van der Waals surface area contributed by atoms with Crippen LogP contribution < -0.4 is 0 Å². The zero-order valence-corrected chi connectivity index (χ0v) is 15.1. The number of carbonyl (C=O) groups is 2. The second kappa shape index (κ2) is 13.3. The third-order valence-electron chi connectivity index (χ3n) is 4.16. The maximum atomic E-state index is 11.5. The van der Waals surface area contributed by atoms with Crippen molar-refractivity contribution in [3.8, 4) is 0 Å². The number of hydrogen-bond acceptors (Lipinski definition) is 4. The average Bonchev–Trinajstić information content (AvgIpc) is 2.54. The monoisotopic (exact) mass is 326 g/mol. The van der Waals surface area contributed by atoms with E-state index < -0.39 is 17.4 Å². The van der Waals surface area contributed by atoms with Crippen molar-refractivity contribution in [1.82, 2.24) is 0 Å². The molecule has 0 aromatic rings. The molecular weight excluding hydrogens is 292 g/mol. The molecule has 0 bridgehead atoms. The van der Waals surface area contributed by atoms with E-state index in [4.69, 9.17) is 0 Å². The van der Waals surface area contributed by atoms with Crippen LogP contribution in [0.15, 0.2) is 12.2 Å². The minimum absolute atomic E-state index is 0.0214. The highest BCUT2D eigenvalue weighted by atomic mass is 16.5. The van der Waals surface area contributed by atoms with Crippen molar-refractivity contribution >= 4 is 11.8 Å². The fraction of sp³-hybridized carbons (Fsp3) is 0.789. The highest BCUT2D eigenvalue weighted by molar-refractivity contribution is 6.05. The standard InChI is InChI=1S/C19H34O4/c1-4-5-6-7-8-9-10-11-12-13-14-15-16-19(22,17(2)20)18(21)23-3/h14-15,22H,4-13,16H2,1-3H3/b15-14+/t19-/m1/s1. The maximum Gasteiger partial charge on any atom is 0.346 e. The molecule has 0 aliphatic carbocycles. The molecule has 0 heterocycles. The first-order valence-electron chi connectivity index (χ1n) is 8.95. The van der Waals surface area contributed by atoms with Gasteiger partial charge in [-0.05, 0) is 19.8 Å². The van der Waals surface area contributed by atoms with Crippen molar-refractivity contribution in [2.24, 2.45) is 0 Å². The first-order valence-corrected chi connectivity index (χ1v) is 8.95. The van der Waals surface area contributed by atoms with Crippen molar-refractivity contribution < 1.29 is 19.4 Å². The molecule has 0 aliphatic rings. The van der Waals surface area contributed by atoms with Crippen LogP contribution in [0.4, 0.5) is 0 Å². The maximum absolute atomic E-state index is 11.5. The van der Waals surface area contributed by atoms with E-state index in [1.165, 1.54) is 65.4 Å². The number of rotatable bonds is 14. The number of allylic oxidation sites excluding steroid dienone is 1. The largest absolute Gasteiger partial charge is 0.467 e. The topological polar surface area (TPSA) is 63.6 Å². The summed E-state index contributed by atoms with van der Waals surface area (Å²) < 4.78 is 4.49. The minimum atomic E-state index is -2.04. The quantitative estimate of drug-likeness (QED) is 0.223. The molecule has 0 aromatic heterocycles. The van der Waals surface area contributed by atoms with Crippen molar-refractivity contribution in [2.45, 2.75) is 90.1 Å². The van der Waals surface area contributed by atoms with Gasteiger partial charge < -0.3 is 9.84 Å². The van der Waals surface area contributed by atoms with Gasteiger partial charge in [-0.3, -0.25) is 4.79 Å². The SMILES string of the molecule is CCCCCCCCCCC/C=C/C[C@@](O)(C(C)=O)C(=O)OC. The number of ketones is 1. The van der Waals surface area contributed by atoms with E-state index in [-0.39, 0.29) is 6.42 Å². The van der Waals surface area contributed by atoms with Crippen molar-refractivity contribution in [3.63, 3.8) is 0 Å². The Bertz CT molecular complexity index is 362. The van der Waals surface area contributed by atoms with Crippen molar-refractivity contribution in [3.05, 3.63) is 12.2 Å². The summed E-state index contributed by atoms with van der Waals surface area (Å²) in [5, 5.41) is 10.0. The molecule has 0 rings (SSSR count). The normalized spacial score (nSPS) is 13.9. The summed E-state index contributed by atoms with van der Waals surface area (Å²) in [6.07, 6.45) is 16.1. The van der Waals surface area contributed by atoms with E-state index in [1.807, 2.05) is 6.08 Å². The van der Waals surface area contributed by atoms with Crippen LogP contribution in [0.25, 0.3) is 0 Å². The Morgan fingerprint density at radius 1 is 0.957 bits per heavy atom. The first kappa shape index (κ1) is 21.8. The van der Waals surface area contributed by atoms with Gasteiger partial charge in [0.15, 0.2) is 5.78 Å². The molecule has 4 heteroatoms. The van der Waals surface area contributed by atoms with E-state index in [9.17, 15) is 14.7 Å². The van der Waals surface area contributed by atoms with Gasteiger partial charge >= 0.3 is 5.97 Å². The number of ether oxygens (including phenoxy) is 1. The van der Waals surface area contributed by atoms with Crippen molar-refractivity contribution in [2.75, 3.05) is 7.11 Å². The van der Waals surface area contributed by atoms with Gasteiger partial charge in [0.05, 0.1) is 7.11 Å². The van der Waals surface area contributed by atoms with Crippen LogP contribution in [0.2, 0.25) is 0 Å². The van der Waals surface area contributed by atoms with Gasteiger partial charge in [-0.2, -0.15) is 0 Å². The Morgan fingerprint density at radius 2 is 1.48 bits per heavy atom. The van der Waals surface area contributed by atoms with Gasteiger partial charge in [-0.25, -0.2) is 4.79 Å². The van der Waals surface area contributed by atoms with Gasteiger partial charge in [-0.1, -0.05) is 70.4 Å². The van der Waals surface area contributed by atoms with Gasteiger partial charge in [0.1, 0.15) is 0 Å². The summed E-state index contributed by atoms with van der Waals surface area (Å²) in [5.74, 6) is -1.48. The average molecular weight is 326 g/mol. The number of aliphatic hydroxyl groups is 1. The summed E-state index contributed by atoms with van der Waals surface area (Å²) in [7, 11) is 1.17. The van der Waals surface area contributed by atoms with Crippen LogP contribution in [0.5, 0.6) is 0 Å². The van der Waals surface area contributed by atoms with Gasteiger partial charge in [-0.15, -0.1) is 0 Å². The smallest absolute Gasteiger partial charge is 0.346 e. The Labute approximate surface area is 141 Å². The summed E-state index contributed by atoms with van der Waals surface area (Å²) >= 11 is 0. The lowest BCUT2D eigenvalue weighted by Gasteiger charge is -2.20. The van der Waals surface area contributed by atoms with E-state index in [0.717, 1.165) is 12.8 Å². The molecule has 0 saturated heterocycles. The molecule has 0 aromatic carbocycles. The molecular formula is C19H34O4. The minimum Gasteiger partial charge on any atom is -0.467 e. The molecule has 1 N–H and O–H groups in total. The third kappa shape index (κ3) is 9.54. The Hall–Kier alpha value is -1.16. The summed E-state index contributed by atoms with van der Waals surface area (Å²) in [5.41, 5.74) is -2.04. The molecule has 4 nitrogen and oxygen atoms in total. The zero-order valence-electron chi connectivity index (χ0n) is 15.1. The summed E-state index contributed by atoms with van der Waals surface area (Å²) in [6, 6.07) is 0. The van der Waals surface area contributed by atoms with Gasteiger partial charge in [0.25, 0.3) is 0 Å². The molecule has 0 fully saturated rings. The second-order valence-corrected chi connectivity index (χ2v) is 6.20. The second-order valence-electron chi connectivity index (χ2n) is 6.20. The number of methoxy groups -OCH3 is 1. The molecule has 0 spiro atoms. The lowest BCUT2D eigenvalue weighted by atomic mass is 9.95. The number of unbranched alkanes of at least 4 members (excludes halogenated alkanes) is 9. The van der Waals surface area contributed by atoms with Gasteiger partial charge in [0.2, 0.25) is 5.60 Å². The van der Waals surface area contributed by atoms with E-state index in [1.54, 1.807) is 6.08 Å². The molecule has 0 radical (unpaired) electrons.